The number of benzene rings is 2. The van der Waals surface area contributed by atoms with Crippen molar-refractivity contribution in [3.63, 3.8) is 0 Å². The molecule has 0 radical (unpaired) electrons. The number of nitrogens with zero attached hydrogens (tertiary/aromatic N) is 3. The van der Waals surface area contributed by atoms with Crippen LogP contribution in [0.3, 0.4) is 0 Å². The molecule has 0 unspecified atom stereocenters. The molecule has 5 aromatic rings. The van der Waals surface area contributed by atoms with Crippen molar-refractivity contribution >= 4 is 22.9 Å². The number of amides is 2. The van der Waals surface area contributed by atoms with E-state index in [9.17, 15) is 22.8 Å². The highest BCUT2D eigenvalue weighted by molar-refractivity contribution is 6.11. The maximum atomic E-state index is 15.0. The molecule has 0 atom stereocenters. The Morgan fingerprint density at radius 2 is 1.68 bits per heavy atom. The first kappa shape index (κ1) is 30.4. The van der Waals surface area contributed by atoms with Crippen LogP contribution in [0.4, 0.5) is 17.6 Å². The van der Waals surface area contributed by atoms with Crippen molar-refractivity contribution < 1.29 is 36.1 Å². The topological polar surface area (TPSA) is 123 Å². The lowest BCUT2D eigenvalue weighted by molar-refractivity contribution is -0.134. The molecule has 3 aromatic heterocycles. The minimum absolute atomic E-state index is 0.00687. The van der Waals surface area contributed by atoms with Crippen LogP contribution in [-0.2, 0) is 12.0 Å². The summed E-state index contributed by atoms with van der Waals surface area (Å²) in [4.78, 5) is 34.7. The Hall–Kier alpha value is -5.07. The third kappa shape index (κ3) is 6.17. The summed E-state index contributed by atoms with van der Waals surface area (Å²) in [6, 6.07) is 12.2. The molecule has 0 bridgehead atoms. The van der Waals surface area contributed by atoms with Gasteiger partial charge in [-0.3, -0.25) is 9.59 Å². The van der Waals surface area contributed by atoms with Crippen LogP contribution in [0.25, 0.3) is 33.6 Å². The average Bonchev–Trinajstić information content (AvgIpc) is 3.64. The van der Waals surface area contributed by atoms with Crippen LogP contribution in [0.15, 0.2) is 63.9 Å². The van der Waals surface area contributed by atoms with Gasteiger partial charge in [0.2, 0.25) is 12.1 Å². The van der Waals surface area contributed by atoms with Crippen LogP contribution in [0.1, 0.15) is 58.1 Å². The molecule has 0 aliphatic carbocycles. The Morgan fingerprint density at radius 1 is 0.977 bits per heavy atom. The Labute approximate surface area is 248 Å². The lowest BCUT2D eigenvalue weighted by atomic mass is 9.96. The van der Waals surface area contributed by atoms with Crippen molar-refractivity contribution in [3.05, 3.63) is 89.0 Å². The molecule has 2 aromatic carbocycles. The van der Waals surface area contributed by atoms with Crippen molar-refractivity contribution in [2.45, 2.75) is 45.3 Å². The van der Waals surface area contributed by atoms with Gasteiger partial charge in [-0.25, -0.2) is 9.37 Å². The van der Waals surface area contributed by atoms with Crippen LogP contribution in [0.2, 0.25) is 0 Å². The van der Waals surface area contributed by atoms with Gasteiger partial charge in [-0.15, -0.1) is 0 Å². The standard InChI is InChI=1S/C31H27F4N5O4/c1-16-5-7-17(8-6-16)25-24(27(42)36-4)21-14-19(23(38-28(21)44-25)11-12-31(33,34)35)18-9-10-22(32)20(13-18)26(41)39-30(2,3)29-37-15-43-40-29/h5-10,13-15H,11-12H2,1-4H3,(H,36,42)(H,39,41). The number of halogens is 4. The molecule has 0 spiro atoms. The zero-order valence-electron chi connectivity index (χ0n) is 24.1. The molecule has 9 nitrogen and oxygen atoms in total. The molecular weight excluding hydrogens is 582 g/mol. The summed E-state index contributed by atoms with van der Waals surface area (Å²) in [5.74, 6) is -1.85. The van der Waals surface area contributed by atoms with Crippen LogP contribution in [0, 0.1) is 12.7 Å². The molecule has 2 amide bonds. The highest BCUT2D eigenvalue weighted by Gasteiger charge is 2.31. The van der Waals surface area contributed by atoms with E-state index in [2.05, 4.69) is 25.8 Å². The first-order valence-electron chi connectivity index (χ1n) is 13.5. The fourth-order valence-electron chi connectivity index (χ4n) is 4.74. The minimum Gasteiger partial charge on any atom is -0.437 e. The van der Waals surface area contributed by atoms with Gasteiger partial charge in [0, 0.05) is 24.6 Å². The van der Waals surface area contributed by atoms with Crippen molar-refractivity contribution in [2.75, 3.05) is 7.05 Å². The number of rotatable bonds is 8. The number of hydrogen-bond acceptors (Lipinski definition) is 7. The van der Waals surface area contributed by atoms with Gasteiger partial charge >= 0.3 is 6.18 Å². The molecule has 3 heterocycles. The van der Waals surface area contributed by atoms with Crippen LogP contribution >= 0.6 is 0 Å². The molecular formula is C31H27F4N5O4. The van der Waals surface area contributed by atoms with Gasteiger partial charge in [0.05, 0.1) is 27.7 Å². The number of aryl methyl sites for hydroxylation is 2. The molecule has 2 N–H and O–H groups in total. The first-order chi connectivity index (χ1) is 20.8. The van der Waals surface area contributed by atoms with E-state index in [1.165, 1.54) is 25.2 Å². The van der Waals surface area contributed by atoms with E-state index >= 15 is 4.39 Å². The Bertz CT molecular complexity index is 1850. The lowest BCUT2D eigenvalue weighted by Gasteiger charge is -2.22. The number of pyridine rings is 1. The second-order valence-electron chi connectivity index (χ2n) is 10.7. The molecule has 5 rings (SSSR count). The van der Waals surface area contributed by atoms with Gasteiger partial charge < -0.3 is 19.6 Å². The second kappa shape index (κ2) is 11.5. The molecule has 0 fully saturated rings. The van der Waals surface area contributed by atoms with E-state index in [4.69, 9.17) is 8.94 Å². The average molecular weight is 610 g/mol. The summed E-state index contributed by atoms with van der Waals surface area (Å²) in [5, 5.41) is 9.17. The van der Waals surface area contributed by atoms with Crippen LogP contribution < -0.4 is 10.6 Å². The SMILES string of the molecule is CNC(=O)c1c(-c2ccc(C)cc2)oc2nc(CCC(F)(F)F)c(-c3ccc(F)c(C(=O)NC(C)(C)c4ncon4)c3)cc12. The predicted molar refractivity (Wildman–Crippen MR) is 152 cm³/mol. The van der Waals surface area contributed by atoms with E-state index in [0.717, 1.165) is 18.0 Å². The first-order valence-corrected chi connectivity index (χ1v) is 13.5. The number of alkyl halides is 3. The zero-order chi connectivity index (χ0) is 31.8. The van der Waals surface area contributed by atoms with Crippen molar-refractivity contribution in [2.24, 2.45) is 0 Å². The number of fused-ring (bicyclic) bond motifs is 1. The van der Waals surface area contributed by atoms with Gasteiger partial charge in [-0.05, 0) is 51.0 Å². The van der Waals surface area contributed by atoms with Gasteiger partial charge in [-0.2, -0.15) is 18.2 Å². The Balaban J connectivity index is 1.66. The Kier molecular flexibility index (Phi) is 7.98. The number of furan rings is 1. The normalized spacial score (nSPS) is 12.0. The molecule has 13 heteroatoms. The number of carbonyl (C=O) groups is 2. The number of carbonyl (C=O) groups excluding carboxylic acids is 2. The number of nitrogens with one attached hydrogen (secondary N) is 2. The summed E-state index contributed by atoms with van der Waals surface area (Å²) in [5.41, 5.74) is 0.486. The van der Waals surface area contributed by atoms with Gasteiger partial charge in [-0.1, -0.05) is 41.1 Å². The van der Waals surface area contributed by atoms with Crippen molar-refractivity contribution in [3.8, 4) is 22.5 Å². The quantitative estimate of drug-likeness (QED) is 0.192. The molecule has 0 saturated carbocycles. The molecule has 0 saturated heterocycles. The van der Waals surface area contributed by atoms with E-state index in [0.29, 0.717) is 5.56 Å². The maximum Gasteiger partial charge on any atom is 0.389 e. The maximum absolute atomic E-state index is 15.0. The fraction of sp³-hybridized carbons (Fsp3) is 0.258. The van der Waals surface area contributed by atoms with Gasteiger partial charge in [0.1, 0.15) is 11.6 Å². The smallest absolute Gasteiger partial charge is 0.389 e. The van der Waals surface area contributed by atoms with Crippen LogP contribution in [-0.4, -0.2) is 40.2 Å². The lowest BCUT2D eigenvalue weighted by Crippen LogP contribution is -2.42. The molecule has 228 valence electrons. The van der Waals surface area contributed by atoms with Crippen molar-refractivity contribution in [1.29, 1.82) is 0 Å². The highest BCUT2D eigenvalue weighted by atomic mass is 19.4. The van der Waals surface area contributed by atoms with Gasteiger partial charge in [0.15, 0.2) is 5.82 Å². The monoisotopic (exact) mass is 609 g/mol. The molecule has 0 aliphatic rings. The van der Waals surface area contributed by atoms with E-state index in [1.807, 2.05) is 19.1 Å². The van der Waals surface area contributed by atoms with E-state index in [-0.39, 0.29) is 50.6 Å². The van der Waals surface area contributed by atoms with E-state index in [1.54, 1.807) is 26.0 Å². The number of hydrogen-bond donors (Lipinski definition) is 2. The zero-order valence-corrected chi connectivity index (χ0v) is 24.1. The highest BCUT2D eigenvalue weighted by Crippen LogP contribution is 2.38. The minimum atomic E-state index is -4.49. The predicted octanol–water partition coefficient (Wildman–Crippen LogP) is 6.51. The summed E-state index contributed by atoms with van der Waals surface area (Å²) in [7, 11) is 1.44. The second-order valence-corrected chi connectivity index (χ2v) is 10.7. The fourth-order valence-corrected chi connectivity index (χ4v) is 4.74. The Morgan fingerprint density at radius 3 is 2.32 bits per heavy atom. The third-order valence-electron chi connectivity index (χ3n) is 7.04. The summed E-state index contributed by atoms with van der Waals surface area (Å²) in [6.45, 7) is 5.08. The van der Waals surface area contributed by atoms with Crippen molar-refractivity contribution in [1.82, 2.24) is 25.8 Å². The summed E-state index contributed by atoms with van der Waals surface area (Å²) >= 11 is 0. The third-order valence-corrected chi connectivity index (χ3v) is 7.04. The van der Waals surface area contributed by atoms with Crippen LogP contribution in [0.5, 0.6) is 0 Å². The van der Waals surface area contributed by atoms with E-state index < -0.39 is 42.2 Å². The largest absolute Gasteiger partial charge is 0.437 e. The summed E-state index contributed by atoms with van der Waals surface area (Å²) in [6.07, 6.45) is -5.14. The molecule has 0 aliphatic heterocycles. The van der Waals surface area contributed by atoms with Gasteiger partial charge in [0.25, 0.3) is 11.8 Å². The number of aromatic nitrogens is 3. The molecule has 44 heavy (non-hydrogen) atoms. The summed E-state index contributed by atoms with van der Waals surface area (Å²) < 4.78 is 65.7.